The van der Waals surface area contributed by atoms with Gasteiger partial charge in [-0.25, -0.2) is 0 Å². The van der Waals surface area contributed by atoms with E-state index in [0.29, 0.717) is 37.6 Å². The van der Waals surface area contributed by atoms with Crippen LogP contribution in [0.5, 0.6) is 11.5 Å². The Morgan fingerprint density at radius 3 is 2.39 bits per heavy atom. The number of carbonyl (C=O) groups is 2. The van der Waals surface area contributed by atoms with E-state index >= 15 is 0 Å². The summed E-state index contributed by atoms with van der Waals surface area (Å²) in [6.07, 6.45) is 6.83. The predicted octanol–water partition coefficient (Wildman–Crippen LogP) is 4.70. The molecule has 38 heavy (non-hydrogen) atoms. The van der Waals surface area contributed by atoms with Crippen LogP contribution in [0.25, 0.3) is 0 Å². The van der Waals surface area contributed by atoms with Gasteiger partial charge in [0, 0.05) is 18.7 Å². The first-order chi connectivity index (χ1) is 18.6. The Bertz CT molecular complexity index is 1140. The molecule has 3 aliphatic rings. The Hall–Kier alpha value is -3.06. The van der Waals surface area contributed by atoms with E-state index in [1.54, 1.807) is 0 Å². The molecule has 0 radical (unpaired) electrons. The molecule has 1 fully saturated rings. The van der Waals surface area contributed by atoms with Crippen LogP contribution in [0.1, 0.15) is 85.0 Å². The number of nitrogens with one attached hydrogen (secondary N) is 1. The summed E-state index contributed by atoms with van der Waals surface area (Å²) in [6.45, 7) is 9.50. The molecular weight excluding hydrogens is 478 g/mol. The number of ether oxygens (including phenoxy) is 2. The molecule has 7 nitrogen and oxygen atoms in total. The van der Waals surface area contributed by atoms with Gasteiger partial charge in [0.15, 0.2) is 11.5 Å². The third kappa shape index (κ3) is 5.39. The highest BCUT2D eigenvalue weighted by Crippen LogP contribution is 2.48. The van der Waals surface area contributed by atoms with E-state index in [1.165, 1.54) is 25.7 Å². The fourth-order valence-electron chi connectivity index (χ4n) is 6.34. The van der Waals surface area contributed by atoms with E-state index in [9.17, 15) is 9.59 Å². The molecule has 3 heterocycles. The zero-order valence-electron chi connectivity index (χ0n) is 22.8. The van der Waals surface area contributed by atoms with Crippen LogP contribution in [0.15, 0.2) is 36.4 Å². The lowest BCUT2D eigenvalue weighted by Crippen LogP contribution is -2.50. The highest BCUT2D eigenvalue weighted by Gasteiger charge is 2.46. The van der Waals surface area contributed by atoms with Crippen molar-refractivity contribution in [2.24, 2.45) is 0 Å². The number of benzene rings is 2. The summed E-state index contributed by atoms with van der Waals surface area (Å²) in [5, 5.41) is 3.24. The largest absolute Gasteiger partial charge is 0.490 e. The van der Waals surface area contributed by atoms with E-state index in [2.05, 4.69) is 10.2 Å². The van der Waals surface area contributed by atoms with Crippen LogP contribution in [-0.4, -0.2) is 67.6 Å². The van der Waals surface area contributed by atoms with Crippen LogP contribution in [0.2, 0.25) is 0 Å². The third-order valence-electron chi connectivity index (χ3n) is 8.12. The molecule has 1 N–H and O–H groups in total. The monoisotopic (exact) mass is 519 g/mol. The molecule has 2 amide bonds. The van der Waals surface area contributed by atoms with Gasteiger partial charge in [0.2, 0.25) is 5.91 Å². The van der Waals surface area contributed by atoms with Gasteiger partial charge in [-0.15, -0.1) is 0 Å². The zero-order valence-corrected chi connectivity index (χ0v) is 22.8. The van der Waals surface area contributed by atoms with Gasteiger partial charge in [-0.2, -0.15) is 0 Å². The Morgan fingerprint density at radius 1 is 0.947 bits per heavy atom. The minimum atomic E-state index is -0.478. The minimum absolute atomic E-state index is 0.00620. The lowest BCUT2D eigenvalue weighted by molar-refractivity contribution is -0.124. The number of fused-ring (bicyclic) bond motifs is 4. The average molecular weight is 520 g/mol. The van der Waals surface area contributed by atoms with Gasteiger partial charge in [0.05, 0.1) is 25.2 Å². The quantitative estimate of drug-likeness (QED) is 0.486. The second-order valence-electron chi connectivity index (χ2n) is 10.5. The van der Waals surface area contributed by atoms with Crippen molar-refractivity contribution in [2.45, 2.75) is 64.3 Å². The number of hydrogen-bond acceptors (Lipinski definition) is 5. The van der Waals surface area contributed by atoms with Crippen molar-refractivity contribution in [2.75, 3.05) is 45.9 Å². The third-order valence-corrected chi connectivity index (χ3v) is 8.12. The maximum absolute atomic E-state index is 13.9. The second-order valence-corrected chi connectivity index (χ2v) is 10.5. The summed E-state index contributed by atoms with van der Waals surface area (Å²) >= 11 is 0. The summed E-state index contributed by atoms with van der Waals surface area (Å²) in [7, 11) is 0. The van der Waals surface area contributed by atoms with E-state index < -0.39 is 5.92 Å². The number of amides is 2. The van der Waals surface area contributed by atoms with Crippen LogP contribution in [-0.2, 0) is 11.2 Å². The summed E-state index contributed by atoms with van der Waals surface area (Å²) in [4.78, 5) is 31.9. The number of hydrogen-bond donors (Lipinski definition) is 1. The Kier molecular flexibility index (Phi) is 8.52. The summed E-state index contributed by atoms with van der Waals surface area (Å²) in [5.41, 5.74) is 3.54. The van der Waals surface area contributed by atoms with E-state index in [4.69, 9.17) is 9.47 Å². The minimum Gasteiger partial charge on any atom is -0.490 e. The van der Waals surface area contributed by atoms with Crippen LogP contribution >= 0.6 is 0 Å². The summed E-state index contributed by atoms with van der Waals surface area (Å²) in [5.74, 6) is 0.883. The van der Waals surface area contributed by atoms with Gasteiger partial charge >= 0.3 is 0 Å². The first-order valence-corrected chi connectivity index (χ1v) is 14.4. The van der Waals surface area contributed by atoms with Crippen molar-refractivity contribution in [3.8, 4) is 11.5 Å². The fraction of sp³-hybridized carbons (Fsp3) is 0.548. The number of likely N-dealkylation sites (tertiary alicyclic amines) is 1. The van der Waals surface area contributed by atoms with Gasteiger partial charge in [-0.1, -0.05) is 31.0 Å². The van der Waals surface area contributed by atoms with Crippen LogP contribution in [0, 0.1) is 0 Å². The van der Waals surface area contributed by atoms with E-state index in [-0.39, 0.29) is 17.9 Å². The number of nitrogens with zero attached hydrogens (tertiary/aromatic N) is 2. The lowest BCUT2D eigenvalue weighted by Gasteiger charge is -2.45. The first-order valence-electron chi connectivity index (χ1n) is 14.4. The maximum Gasteiger partial charge on any atom is 0.254 e. The standard InChI is InChI=1S/C31H41N3O4/c1-3-37-26-20-22-14-19-34-29(25(22)21-27(26)38-4-2)28(23-12-7-8-13-24(23)31(34)36)30(35)32-15-11-18-33-16-9-5-6-10-17-33/h7-8,12-13,20-21,28-29H,3-6,9-11,14-19H2,1-2H3,(H,32,35)/t28-,29+/m0/s1. The Balaban J connectivity index is 1.42. The van der Waals surface area contributed by atoms with Gasteiger partial charge in [-0.05, 0) is 94.1 Å². The van der Waals surface area contributed by atoms with Gasteiger partial charge in [0.25, 0.3) is 5.91 Å². The molecule has 2 atom stereocenters. The summed E-state index contributed by atoms with van der Waals surface area (Å²) < 4.78 is 11.8. The van der Waals surface area contributed by atoms with Crippen molar-refractivity contribution in [1.82, 2.24) is 15.1 Å². The SMILES string of the molecule is CCOc1cc2c(cc1OCC)[C@@H]1[C@@H](C(=O)NCCCN3CCCCCC3)c3ccccc3C(=O)N1CC2. The molecule has 7 heteroatoms. The molecule has 0 aromatic heterocycles. The van der Waals surface area contributed by atoms with Crippen LogP contribution < -0.4 is 14.8 Å². The molecule has 5 rings (SSSR count). The van der Waals surface area contributed by atoms with Crippen molar-refractivity contribution in [1.29, 1.82) is 0 Å². The Labute approximate surface area is 226 Å². The molecule has 0 aliphatic carbocycles. The maximum atomic E-state index is 13.9. The van der Waals surface area contributed by atoms with E-state index in [1.807, 2.05) is 55.1 Å². The van der Waals surface area contributed by atoms with Crippen molar-refractivity contribution in [3.05, 3.63) is 58.7 Å². The second kappa shape index (κ2) is 12.2. The lowest BCUT2D eigenvalue weighted by atomic mass is 9.75. The molecule has 1 saturated heterocycles. The first kappa shape index (κ1) is 26.5. The number of carbonyl (C=O) groups excluding carboxylic acids is 2. The average Bonchev–Trinajstić information content (AvgIpc) is 3.21. The van der Waals surface area contributed by atoms with Crippen molar-refractivity contribution in [3.63, 3.8) is 0 Å². The van der Waals surface area contributed by atoms with Crippen LogP contribution in [0.3, 0.4) is 0 Å². The topological polar surface area (TPSA) is 71.1 Å². The molecular formula is C31H41N3O4. The molecule has 3 aliphatic heterocycles. The highest BCUT2D eigenvalue weighted by molar-refractivity contribution is 6.01. The van der Waals surface area contributed by atoms with Gasteiger partial charge < -0.3 is 24.6 Å². The van der Waals surface area contributed by atoms with Gasteiger partial charge in [0.1, 0.15) is 0 Å². The molecule has 2 aromatic rings. The summed E-state index contributed by atoms with van der Waals surface area (Å²) in [6, 6.07) is 11.3. The smallest absolute Gasteiger partial charge is 0.254 e. The molecule has 204 valence electrons. The molecule has 0 saturated carbocycles. The Morgan fingerprint density at radius 2 is 1.66 bits per heavy atom. The number of rotatable bonds is 9. The normalized spacial score (nSPS) is 21.1. The molecule has 0 bridgehead atoms. The molecule has 2 aromatic carbocycles. The highest BCUT2D eigenvalue weighted by atomic mass is 16.5. The predicted molar refractivity (Wildman–Crippen MR) is 148 cm³/mol. The van der Waals surface area contributed by atoms with Gasteiger partial charge in [-0.3, -0.25) is 9.59 Å². The van der Waals surface area contributed by atoms with Crippen molar-refractivity contribution < 1.29 is 19.1 Å². The fourth-order valence-corrected chi connectivity index (χ4v) is 6.34. The van der Waals surface area contributed by atoms with Crippen molar-refractivity contribution >= 4 is 11.8 Å². The van der Waals surface area contributed by atoms with E-state index in [0.717, 1.165) is 54.9 Å². The molecule has 0 unspecified atom stereocenters. The van der Waals surface area contributed by atoms with Crippen LogP contribution in [0.4, 0.5) is 0 Å². The zero-order chi connectivity index (χ0) is 26.5. The molecule has 0 spiro atoms.